The molecule has 1 aliphatic carbocycles. The Bertz CT molecular complexity index is 279. The molecule has 2 aliphatic rings. The highest BCUT2D eigenvalue weighted by atomic mass is 32.2. The smallest absolute Gasteiger partial charge is 0.332 e. The normalized spacial score (nSPS) is 36.7. The Balaban J connectivity index is 1.63. The van der Waals surface area contributed by atoms with E-state index in [-0.39, 0.29) is 6.10 Å². The lowest BCUT2D eigenvalue weighted by Gasteiger charge is -2.29. The van der Waals surface area contributed by atoms with Crippen molar-refractivity contribution >= 4 is 17.7 Å². The van der Waals surface area contributed by atoms with Gasteiger partial charge in [0, 0.05) is 17.8 Å². The summed E-state index contributed by atoms with van der Waals surface area (Å²) in [6.45, 7) is 0.804. The molecule has 0 amide bonds. The molecule has 5 heteroatoms. The number of carbonyl (C=O) groups is 1. The van der Waals surface area contributed by atoms with Gasteiger partial charge < -0.3 is 15.2 Å². The van der Waals surface area contributed by atoms with Crippen LogP contribution >= 0.6 is 11.8 Å². The monoisotopic (exact) mass is 273 g/mol. The molecule has 18 heavy (non-hydrogen) atoms. The standard InChI is InChI=1S/C13H23NO3S/c1-18-11-5-2-9(3-6-11)14-8-10-4-7-12(17-10)13(15)16/h9-12,14H,2-8H2,1H3,(H,15,16). The predicted octanol–water partition coefficient (Wildman–Crippen LogP) is 1.88. The molecule has 1 heterocycles. The second-order valence-electron chi connectivity index (χ2n) is 5.28. The van der Waals surface area contributed by atoms with Gasteiger partial charge in [-0.1, -0.05) is 0 Å². The van der Waals surface area contributed by atoms with Gasteiger partial charge in [-0.2, -0.15) is 11.8 Å². The maximum atomic E-state index is 10.8. The summed E-state index contributed by atoms with van der Waals surface area (Å²) < 4.78 is 5.49. The van der Waals surface area contributed by atoms with E-state index in [1.54, 1.807) is 0 Å². The molecule has 2 rings (SSSR count). The van der Waals surface area contributed by atoms with E-state index in [4.69, 9.17) is 9.84 Å². The third kappa shape index (κ3) is 3.87. The van der Waals surface area contributed by atoms with Crippen molar-refractivity contribution in [3.8, 4) is 0 Å². The summed E-state index contributed by atoms with van der Waals surface area (Å²) in [5.41, 5.74) is 0. The van der Waals surface area contributed by atoms with Gasteiger partial charge in [-0.3, -0.25) is 0 Å². The summed E-state index contributed by atoms with van der Waals surface area (Å²) in [6.07, 6.45) is 8.28. The van der Waals surface area contributed by atoms with Gasteiger partial charge in [0.05, 0.1) is 6.10 Å². The summed E-state index contributed by atoms with van der Waals surface area (Å²) in [6, 6.07) is 0.598. The molecule has 2 N–H and O–H groups in total. The van der Waals surface area contributed by atoms with Crippen LogP contribution in [0.1, 0.15) is 38.5 Å². The SMILES string of the molecule is CSC1CCC(NCC2CCC(C(=O)O)O2)CC1. The van der Waals surface area contributed by atoms with Crippen LogP contribution in [0.5, 0.6) is 0 Å². The number of carboxylic acid groups (broad SMARTS) is 1. The molecule has 1 saturated heterocycles. The average molecular weight is 273 g/mol. The summed E-state index contributed by atoms with van der Waals surface area (Å²) in [7, 11) is 0. The van der Waals surface area contributed by atoms with Gasteiger partial charge in [-0.15, -0.1) is 0 Å². The third-order valence-electron chi connectivity index (χ3n) is 4.02. The fourth-order valence-corrected chi connectivity index (χ4v) is 3.58. The zero-order chi connectivity index (χ0) is 13.0. The molecule has 0 aromatic rings. The first-order valence-electron chi connectivity index (χ1n) is 6.83. The second-order valence-corrected chi connectivity index (χ2v) is 6.42. The summed E-state index contributed by atoms with van der Waals surface area (Å²) in [5, 5.41) is 13.2. The van der Waals surface area contributed by atoms with E-state index in [1.807, 2.05) is 11.8 Å². The molecule has 104 valence electrons. The number of carboxylic acids is 1. The fourth-order valence-electron chi connectivity index (χ4n) is 2.84. The van der Waals surface area contributed by atoms with Crippen molar-refractivity contribution in [2.24, 2.45) is 0 Å². The Morgan fingerprint density at radius 1 is 1.28 bits per heavy atom. The van der Waals surface area contributed by atoms with Crippen LogP contribution < -0.4 is 5.32 Å². The summed E-state index contributed by atoms with van der Waals surface area (Å²) in [4.78, 5) is 10.8. The zero-order valence-corrected chi connectivity index (χ0v) is 11.7. The van der Waals surface area contributed by atoms with E-state index in [9.17, 15) is 4.79 Å². The first kappa shape index (κ1) is 14.2. The third-order valence-corrected chi connectivity index (χ3v) is 5.16. The average Bonchev–Trinajstić information content (AvgIpc) is 2.86. The van der Waals surface area contributed by atoms with Gasteiger partial charge in [0.25, 0.3) is 0 Å². The van der Waals surface area contributed by atoms with Crippen molar-refractivity contribution < 1.29 is 14.6 Å². The number of thioether (sulfide) groups is 1. The lowest BCUT2D eigenvalue weighted by Crippen LogP contribution is -2.38. The Labute approximate surface area is 113 Å². The maximum Gasteiger partial charge on any atom is 0.332 e. The Hall–Kier alpha value is -0.260. The first-order chi connectivity index (χ1) is 8.69. The fraction of sp³-hybridized carbons (Fsp3) is 0.923. The number of rotatable bonds is 5. The van der Waals surface area contributed by atoms with Crippen molar-refractivity contribution in [1.29, 1.82) is 0 Å². The number of nitrogens with one attached hydrogen (secondary N) is 1. The molecule has 0 bridgehead atoms. The van der Waals surface area contributed by atoms with Crippen molar-refractivity contribution in [3.05, 3.63) is 0 Å². The second kappa shape index (κ2) is 6.78. The minimum atomic E-state index is -0.821. The summed E-state index contributed by atoms with van der Waals surface area (Å²) >= 11 is 1.98. The molecular weight excluding hydrogens is 250 g/mol. The molecule has 2 fully saturated rings. The van der Waals surface area contributed by atoms with Crippen LogP contribution in [0.2, 0.25) is 0 Å². The van der Waals surface area contributed by atoms with Crippen LogP contribution in [-0.2, 0) is 9.53 Å². The molecule has 0 aromatic carbocycles. The first-order valence-corrected chi connectivity index (χ1v) is 8.12. The van der Waals surface area contributed by atoms with Gasteiger partial charge in [-0.25, -0.2) is 4.79 Å². The van der Waals surface area contributed by atoms with Crippen molar-refractivity contribution in [2.75, 3.05) is 12.8 Å². The highest BCUT2D eigenvalue weighted by Gasteiger charge is 2.30. The maximum absolute atomic E-state index is 10.8. The van der Waals surface area contributed by atoms with Crippen LogP contribution in [0.25, 0.3) is 0 Å². The number of hydrogen-bond donors (Lipinski definition) is 2. The van der Waals surface area contributed by atoms with Gasteiger partial charge in [-0.05, 0) is 44.8 Å². The molecule has 2 atom stereocenters. The van der Waals surface area contributed by atoms with E-state index in [0.717, 1.165) is 18.2 Å². The minimum absolute atomic E-state index is 0.0874. The highest BCUT2D eigenvalue weighted by Crippen LogP contribution is 2.27. The van der Waals surface area contributed by atoms with Gasteiger partial charge in [0.1, 0.15) is 0 Å². The van der Waals surface area contributed by atoms with Crippen LogP contribution in [-0.4, -0.2) is 47.4 Å². The topological polar surface area (TPSA) is 58.6 Å². The minimum Gasteiger partial charge on any atom is -0.479 e. The van der Waals surface area contributed by atoms with E-state index < -0.39 is 12.1 Å². The predicted molar refractivity (Wildman–Crippen MR) is 73.1 cm³/mol. The Morgan fingerprint density at radius 3 is 2.56 bits per heavy atom. The summed E-state index contributed by atoms with van der Waals surface area (Å²) in [5.74, 6) is -0.821. The van der Waals surface area contributed by atoms with Crippen LogP contribution in [0.15, 0.2) is 0 Å². The van der Waals surface area contributed by atoms with Crippen LogP contribution in [0, 0.1) is 0 Å². The Kier molecular flexibility index (Phi) is 5.33. The van der Waals surface area contributed by atoms with Gasteiger partial charge >= 0.3 is 5.97 Å². The number of aliphatic carboxylic acids is 1. The molecule has 0 aromatic heterocycles. The largest absolute Gasteiger partial charge is 0.479 e. The van der Waals surface area contributed by atoms with E-state index in [2.05, 4.69) is 11.6 Å². The van der Waals surface area contributed by atoms with E-state index in [0.29, 0.717) is 12.5 Å². The lowest BCUT2D eigenvalue weighted by molar-refractivity contribution is -0.149. The molecule has 1 aliphatic heterocycles. The zero-order valence-electron chi connectivity index (χ0n) is 10.9. The number of hydrogen-bond acceptors (Lipinski definition) is 4. The quantitative estimate of drug-likeness (QED) is 0.801. The van der Waals surface area contributed by atoms with Gasteiger partial charge in [0.2, 0.25) is 0 Å². The molecular formula is C13H23NO3S. The van der Waals surface area contributed by atoms with Crippen molar-refractivity contribution in [2.45, 2.75) is 62.0 Å². The Morgan fingerprint density at radius 2 is 2.00 bits per heavy atom. The molecule has 2 unspecified atom stereocenters. The highest BCUT2D eigenvalue weighted by molar-refractivity contribution is 7.99. The lowest BCUT2D eigenvalue weighted by atomic mass is 9.95. The van der Waals surface area contributed by atoms with Crippen LogP contribution in [0.3, 0.4) is 0 Å². The molecule has 1 saturated carbocycles. The van der Waals surface area contributed by atoms with Crippen molar-refractivity contribution in [1.82, 2.24) is 5.32 Å². The molecule has 0 radical (unpaired) electrons. The van der Waals surface area contributed by atoms with E-state index >= 15 is 0 Å². The molecule has 0 spiro atoms. The van der Waals surface area contributed by atoms with Gasteiger partial charge in [0.15, 0.2) is 6.10 Å². The van der Waals surface area contributed by atoms with Crippen LogP contribution in [0.4, 0.5) is 0 Å². The van der Waals surface area contributed by atoms with E-state index in [1.165, 1.54) is 25.7 Å². The number of ether oxygens (including phenoxy) is 1. The van der Waals surface area contributed by atoms with Crippen molar-refractivity contribution in [3.63, 3.8) is 0 Å². The molecule has 4 nitrogen and oxygen atoms in total.